The van der Waals surface area contributed by atoms with Gasteiger partial charge < -0.3 is 15.4 Å². The molecule has 1 saturated heterocycles. The number of piperidine rings is 1. The van der Waals surface area contributed by atoms with E-state index in [4.69, 9.17) is 0 Å². The third kappa shape index (κ3) is 5.92. The zero-order chi connectivity index (χ0) is 25.6. The lowest BCUT2D eigenvalue weighted by Gasteiger charge is -2.26. The number of amides is 1. The molecule has 1 fully saturated rings. The predicted molar refractivity (Wildman–Crippen MR) is 150 cm³/mol. The first-order valence-corrected chi connectivity index (χ1v) is 13.2. The van der Waals surface area contributed by atoms with Crippen molar-refractivity contribution in [3.8, 4) is 5.88 Å². The van der Waals surface area contributed by atoms with Gasteiger partial charge in [0, 0.05) is 29.2 Å². The van der Waals surface area contributed by atoms with E-state index in [1.54, 1.807) is 18.3 Å². The highest BCUT2D eigenvalue weighted by molar-refractivity contribution is 6.05. The van der Waals surface area contributed by atoms with Crippen molar-refractivity contribution < 1.29 is 9.90 Å². The number of rotatable bonds is 8. The third-order valence-electron chi connectivity index (χ3n) is 7.13. The van der Waals surface area contributed by atoms with Crippen molar-refractivity contribution in [2.24, 2.45) is 4.99 Å². The Morgan fingerprint density at radius 2 is 1.81 bits per heavy atom. The number of hydrogen-bond acceptors (Lipinski definition) is 4. The molecule has 6 heteroatoms. The Balaban J connectivity index is 1.28. The second-order valence-corrected chi connectivity index (χ2v) is 9.75. The fourth-order valence-electron chi connectivity index (χ4n) is 5.03. The van der Waals surface area contributed by atoms with Crippen LogP contribution in [0, 0.1) is 0 Å². The zero-order valence-corrected chi connectivity index (χ0v) is 21.3. The molecule has 3 aromatic carbocycles. The number of carbonyl (C=O) groups is 1. The maximum absolute atomic E-state index is 13.0. The molecule has 1 atom stereocenters. The monoisotopic (exact) mass is 494 g/mol. The maximum Gasteiger partial charge on any atom is 0.251 e. The summed E-state index contributed by atoms with van der Waals surface area (Å²) in [6, 6.07) is 23.6. The molecule has 1 aliphatic rings. The van der Waals surface area contributed by atoms with E-state index in [0.717, 1.165) is 29.6 Å². The molecule has 0 bridgehead atoms. The number of aromatic hydroxyl groups is 1. The number of aliphatic imine (C=N–C) groups is 1. The number of likely N-dealkylation sites (tertiary alicyclic amines) is 1. The predicted octanol–water partition coefficient (Wildman–Crippen LogP) is 6.49. The number of nitrogens with one attached hydrogen (secondary N) is 2. The summed E-state index contributed by atoms with van der Waals surface area (Å²) in [6.07, 6.45) is 6.38. The van der Waals surface area contributed by atoms with Crippen molar-refractivity contribution in [3.63, 3.8) is 0 Å². The lowest BCUT2D eigenvalue weighted by molar-refractivity contribution is 0.0935. The van der Waals surface area contributed by atoms with Crippen LogP contribution >= 0.6 is 0 Å². The number of carbonyl (C=O) groups excluding carboxylic acids is 1. The van der Waals surface area contributed by atoms with E-state index in [1.165, 1.54) is 37.9 Å². The van der Waals surface area contributed by atoms with Gasteiger partial charge in [-0.15, -0.1) is 0 Å². The van der Waals surface area contributed by atoms with E-state index in [2.05, 4.69) is 39.2 Å². The molecule has 0 radical (unpaired) electrons. The number of aromatic amines is 1. The summed E-state index contributed by atoms with van der Waals surface area (Å²) in [5.74, 6) is -0.111. The number of fused-ring (bicyclic) bond motifs is 1. The first-order valence-electron chi connectivity index (χ1n) is 13.2. The lowest BCUT2D eigenvalue weighted by Crippen LogP contribution is -2.28. The van der Waals surface area contributed by atoms with Crippen molar-refractivity contribution in [1.29, 1.82) is 0 Å². The molecule has 1 aliphatic heterocycles. The Hall–Kier alpha value is -3.90. The Labute approximate surface area is 218 Å². The van der Waals surface area contributed by atoms with Crippen LogP contribution in [-0.4, -0.2) is 40.2 Å². The van der Waals surface area contributed by atoms with Gasteiger partial charge in [-0.25, -0.2) is 0 Å². The third-order valence-corrected chi connectivity index (χ3v) is 7.13. The van der Waals surface area contributed by atoms with Gasteiger partial charge in [0.15, 0.2) is 5.88 Å². The van der Waals surface area contributed by atoms with Gasteiger partial charge in [0.05, 0.1) is 17.3 Å². The molecule has 6 nitrogen and oxygen atoms in total. The molecule has 1 amide bonds. The fourth-order valence-corrected chi connectivity index (χ4v) is 5.03. The number of hydrogen-bond donors (Lipinski definition) is 3. The van der Waals surface area contributed by atoms with Crippen molar-refractivity contribution >= 4 is 28.7 Å². The Bertz CT molecular complexity index is 1370. The molecule has 190 valence electrons. The van der Waals surface area contributed by atoms with Gasteiger partial charge in [-0.05, 0) is 67.7 Å². The second-order valence-electron chi connectivity index (χ2n) is 9.75. The average Bonchev–Trinajstić information content (AvgIpc) is 3.26. The number of aromatic nitrogens is 1. The van der Waals surface area contributed by atoms with Crippen molar-refractivity contribution in [2.45, 2.75) is 45.2 Å². The van der Waals surface area contributed by atoms with Crippen LogP contribution in [0.1, 0.15) is 65.7 Å². The molecule has 37 heavy (non-hydrogen) atoms. The summed E-state index contributed by atoms with van der Waals surface area (Å²) in [5.41, 5.74) is 5.04. The standard InChI is InChI=1S/C31H34N4O2/c1-2-28(23-9-5-3-6-10-23)33-30(36)24-13-16-26-27(31(37)34-29(26)19-24)20-32-25-14-11-22(12-15-25)21-35-17-7-4-8-18-35/h3,5-6,9-16,19-20,28,34,37H,2,4,7-8,17-18,21H2,1H3,(H,33,36)/t28-/m1/s1. The highest BCUT2D eigenvalue weighted by Crippen LogP contribution is 2.28. The van der Waals surface area contributed by atoms with E-state index in [9.17, 15) is 9.90 Å². The Kier molecular flexibility index (Phi) is 7.66. The molecule has 2 heterocycles. The van der Waals surface area contributed by atoms with Crippen LogP contribution in [0.3, 0.4) is 0 Å². The summed E-state index contributed by atoms with van der Waals surface area (Å²) in [5, 5.41) is 14.5. The Morgan fingerprint density at radius 1 is 1.05 bits per heavy atom. The van der Waals surface area contributed by atoms with Crippen LogP contribution in [0.25, 0.3) is 10.9 Å². The quantitative estimate of drug-likeness (QED) is 0.245. The zero-order valence-electron chi connectivity index (χ0n) is 21.3. The number of nitrogens with zero attached hydrogens (tertiary/aromatic N) is 2. The van der Waals surface area contributed by atoms with Crippen molar-refractivity contribution in [2.75, 3.05) is 13.1 Å². The van der Waals surface area contributed by atoms with E-state index < -0.39 is 0 Å². The van der Waals surface area contributed by atoms with Crippen molar-refractivity contribution in [1.82, 2.24) is 15.2 Å². The van der Waals surface area contributed by atoms with Crippen LogP contribution in [0.4, 0.5) is 5.69 Å². The molecule has 0 aliphatic carbocycles. The summed E-state index contributed by atoms with van der Waals surface area (Å²) in [7, 11) is 0. The van der Waals surface area contributed by atoms with E-state index >= 15 is 0 Å². The van der Waals surface area contributed by atoms with Gasteiger partial charge in [0.2, 0.25) is 0 Å². The SMILES string of the molecule is CC[C@@H](NC(=O)c1ccc2c(C=Nc3ccc(CN4CCCCC4)cc3)c(O)[nH]c2c1)c1ccccc1. The summed E-state index contributed by atoms with van der Waals surface area (Å²) >= 11 is 0. The molecule has 4 aromatic rings. The molecular formula is C31H34N4O2. The second kappa shape index (κ2) is 11.4. The number of H-pyrrole nitrogens is 1. The van der Waals surface area contributed by atoms with Gasteiger partial charge in [-0.3, -0.25) is 14.7 Å². The van der Waals surface area contributed by atoms with Crippen LogP contribution < -0.4 is 5.32 Å². The minimum absolute atomic E-state index is 0.0359. The van der Waals surface area contributed by atoms with E-state index in [0.29, 0.717) is 16.6 Å². The summed E-state index contributed by atoms with van der Waals surface area (Å²) < 4.78 is 0. The lowest BCUT2D eigenvalue weighted by atomic mass is 10.0. The van der Waals surface area contributed by atoms with Gasteiger partial charge in [0.1, 0.15) is 0 Å². The highest BCUT2D eigenvalue weighted by Gasteiger charge is 2.16. The van der Waals surface area contributed by atoms with Gasteiger partial charge in [-0.1, -0.05) is 61.9 Å². The van der Waals surface area contributed by atoms with Gasteiger partial charge in [0.25, 0.3) is 5.91 Å². The average molecular weight is 495 g/mol. The molecule has 0 spiro atoms. The van der Waals surface area contributed by atoms with Crippen molar-refractivity contribution in [3.05, 3.63) is 95.1 Å². The normalized spacial score (nSPS) is 15.3. The first kappa shape index (κ1) is 24.8. The molecule has 1 aromatic heterocycles. The summed E-state index contributed by atoms with van der Waals surface area (Å²) in [4.78, 5) is 23.1. The van der Waals surface area contributed by atoms with Crippen LogP contribution in [0.5, 0.6) is 5.88 Å². The number of benzene rings is 3. The smallest absolute Gasteiger partial charge is 0.251 e. The molecule has 0 unspecified atom stereocenters. The van der Waals surface area contributed by atoms with Crippen LogP contribution in [0.15, 0.2) is 77.8 Å². The minimum Gasteiger partial charge on any atom is -0.494 e. The van der Waals surface area contributed by atoms with E-state index in [-0.39, 0.29) is 17.8 Å². The summed E-state index contributed by atoms with van der Waals surface area (Å²) in [6.45, 7) is 5.39. The van der Waals surface area contributed by atoms with Crippen LogP contribution in [-0.2, 0) is 6.54 Å². The van der Waals surface area contributed by atoms with Gasteiger partial charge in [-0.2, -0.15) is 0 Å². The topological polar surface area (TPSA) is 80.7 Å². The fraction of sp³-hybridized carbons (Fsp3) is 0.290. The minimum atomic E-state index is -0.147. The maximum atomic E-state index is 13.0. The van der Waals surface area contributed by atoms with Gasteiger partial charge >= 0.3 is 0 Å². The highest BCUT2D eigenvalue weighted by atomic mass is 16.3. The van der Waals surface area contributed by atoms with E-state index in [1.807, 2.05) is 48.5 Å². The van der Waals surface area contributed by atoms with Crippen LogP contribution in [0.2, 0.25) is 0 Å². The molecule has 0 saturated carbocycles. The largest absolute Gasteiger partial charge is 0.494 e. The molecule has 5 rings (SSSR count). The molecule has 3 N–H and O–H groups in total. The molecular weight excluding hydrogens is 460 g/mol. The first-order chi connectivity index (χ1) is 18.1. The Morgan fingerprint density at radius 3 is 2.54 bits per heavy atom.